The first-order valence-electron chi connectivity index (χ1n) is 21.4. The number of aromatic amines is 2. The maximum absolute atomic E-state index is 14.0. The van der Waals surface area contributed by atoms with Crippen LogP contribution in [0.5, 0.6) is 0 Å². The lowest BCUT2D eigenvalue weighted by Gasteiger charge is -2.29. The fourth-order valence-electron chi connectivity index (χ4n) is 9.14. The van der Waals surface area contributed by atoms with Crippen LogP contribution in [0.4, 0.5) is 9.59 Å². The van der Waals surface area contributed by atoms with Gasteiger partial charge in [0, 0.05) is 35.0 Å². The van der Waals surface area contributed by atoms with Crippen LogP contribution < -0.4 is 10.6 Å². The minimum absolute atomic E-state index is 0.106. The zero-order chi connectivity index (χ0) is 43.8. The Balaban J connectivity index is 0.901. The Hall–Kier alpha value is -6.26. The summed E-state index contributed by atoms with van der Waals surface area (Å²) in [7, 11) is 2.59. The Kier molecular flexibility index (Phi) is 11.9. The molecule has 1 aliphatic carbocycles. The van der Waals surface area contributed by atoms with Crippen LogP contribution >= 0.6 is 22.7 Å². The highest BCUT2D eigenvalue weighted by atomic mass is 32.1. The Morgan fingerprint density at radius 1 is 0.778 bits per heavy atom. The van der Waals surface area contributed by atoms with E-state index < -0.39 is 24.3 Å². The standard InChI is InChI=1S/C47H50N8O6S2/c1-26(2)38(52-46(58)60-3)44(56)55-21-9-13-37(55)43-49-33-19-18-30(22-34(33)50-43)32-25-63-40-31(24-62-41(32)40)27-14-16-28(17-15-27)35-23-48-42(51-35)36-12-8-20-54(36)45(57)39(53-47(59)61-4)29-10-6-5-7-11-29/h5-7,10-11,14,16,18-19,22-26,36-39H,8-9,12-13,15,17,20-21H2,1-4H3,(H,48,51)(H,49,50)(H,52,58)(H,53,59)/t36?,37?,38-,39+/m0/s1. The van der Waals surface area contributed by atoms with Crippen molar-refractivity contribution in [3.8, 4) is 11.1 Å². The summed E-state index contributed by atoms with van der Waals surface area (Å²) in [6.07, 6.45) is 9.96. The number of fused-ring (bicyclic) bond motifs is 2. The number of nitrogens with one attached hydrogen (secondary N) is 4. The second-order valence-electron chi connectivity index (χ2n) is 16.6. The lowest BCUT2D eigenvalue weighted by molar-refractivity contribution is -0.135. The Morgan fingerprint density at radius 3 is 2.13 bits per heavy atom. The number of hydrogen-bond donors (Lipinski definition) is 4. The summed E-state index contributed by atoms with van der Waals surface area (Å²) in [5, 5.41) is 9.96. The van der Waals surface area contributed by atoms with Gasteiger partial charge in [0.05, 0.1) is 58.6 Å². The number of aromatic nitrogens is 4. The number of carbonyl (C=O) groups is 4. The van der Waals surface area contributed by atoms with Crippen molar-refractivity contribution < 1.29 is 28.7 Å². The molecule has 4 aromatic heterocycles. The zero-order valence-electron chi connectivity index (χ0n) is 35.6. The molecule has 2 saturated heterocycles. The molecule has 2 aromatic carbocycles. The average molecular weight is 887 g/mol. The summed E-state index contributed by atoms with van der Waals surface area (Å²) in [4.78, 5) is 72.4. The summed E-state index contributed by atoms with van der Waals surface area (Å²) in [6, 6.07) is 13.5. The molecular formula is C47H50N8O6S2. The smallest absolute Gasteiger partial charge is 0.407 e. The van der Waals surface area contributed by atoms with E-state index in [2.05, 4.69) is 55.6 Å². The number of carbonyl (C=O) groups excluding carboxylic acids is 4. The van der Waals surface area contributed by atoms with Gasteiger partial charge in [-0.25, -0.2) is 19.6 Å². The molecule has 16 heteroatoms. The first-order valence-corrected chi connectivity index (χ1v) is 23.2. The number of imidazole rings is 2. The van der Waals surface area contributed by atoms with Crippen molar-refractivity contribution in [2.24, 2.45) is 5.92 Å². The van der Waals surface area contributed by atoms with E-state index >= 15 is 0 Å². The zero-order valence-corrected chi connectivity index (χ0v) is 37.2. The molecular weight excluding hydrogens is 837 g/mol. The van der Waals surface area contributed by atoms with E-state index in [-0.39, 0.29) is 29.8 Å². The third-order valence-corrected chi connectivity index (χ3v) is 14.6. The van der Waals surface area contributed by atoms with Gasteiger partial charge in [-0.05, 0) is 78.8 Å². The number of benzene rings is 2. The van der Waals surface area contributed by atoms with E-state index in [0.717, 1.165) is 78.0 Å². The van der Waals surface area contributed by atoms with Crippen molar-refractivity contribution in [1.82, 2.24) is 40.4 Å². The third kappa shape index (κ3) is 8.24. The molecule has 4 atom stereocenters. The van der Waals surface area contributed by atoms with E-state index in [0.29, 0.717) is 18.7 Å². The SMILES string of the molecule is COC(=O)N[C@H](C(=O)N1CCCC1c1nc2ccc(-c3csc4c(C5=CC=C(c6cnc(C7CCCN7C(=O)[C@H](NC(=O)OC)c7ccccc7)[nH]6)CC5)csc34)cc2[nH]1)C(C)C. The van der Waals surface area contributed by atoms with Crippen molar-refractivity contribution in [3.63, 3.8) is 0 Å². The normalized spacial score (nSPS) is 18.7. The fourth-order valence-corrected chi connectivity index (χ4v) is 11.6. The number of nitrogens with zero attached hydrogens (tertiary/aromatic N) is 4. The number of amides is 4. The largest absolute Gasteiger partial charge is 0.453 e. The Morgan fingerprint density at radius 2 is 1.43 bits per heavy atom. The van der Waals surface area contributed by atoms with Crippen molar-refractivity contribution in [3.05, 3.63) is 106 Å². The van der Waals surface area contributed by atoms with Gasteiger partial charge >= 0.3 is 12.2 Å². The molecule has 63 heavy (non-hydrogen) atoms. The number of allylic oxidation sites excluding steroid dienone is 4. The molecule has 2 fully saturated rings. The van der Waals surface area contributed by atoms with Gasteiger partial charge in [-0.1, -0.05) is 62.4 Å². The number of methoxy groups -OCH3 is 2. The van der Waals surface area contributed by atoms with E-state index in [1.165, 1.54) is 40.3 Å². The fraction of sp³-hybridized carbons (Fsp3) is 0.362. The molecule has 2 unspecified atom stereocenters. The van der Waals surface area contributed by atoms with Gasteiger partial charge in [0.2, 0.25) is 5.91 Å². The summed E-state index contributed by atoms with van der Waals surface area (Å²) in [6.45, 7) is 5.00. The second-order valence-corrected chi connectivity index (χ2v) is 18.4. The number of rotatable bonds is 11. The minimum Gasteiger partial charge on any atom is -0.453 e. The first kappa shape index (κ1) is 42.1. The van der Waals surface area contributed by atoms with Crippen LogP contribution in [0.3, 0.4) is 0 Å². The number of ether oxygens (including phenoxy) is 2. The molecule has 0 saturated carbocycles. The number of alkyl carbamates (subject to hydrolysis) is 2. The first-order chi connectivity index (χ1) is 30.6. The number of likely N-dealkylation sites (tertiary alicyclic amines) is 2. The van der Waals surface area contributed by atoms with Crippen molar-refractivity contribution in [1.29, 1.82) is 0 Å². The van der Waals surface area contributed by atoms with E-state index in [1.54, 1.807) is 22.7 Å². The van der Waals surface area contributed by atoms with Crippen LogP contribution in [0.1, 0.15) is 99.0 Å². The Bertz CT molecular complexity index is 2750. The lowest BCUT2D eigenvalue weighted by Crippen LogP contribution is -2.51. The summed E-state index contributed by atoms with van der Waals surface area (Å²) in [5.41, 5.74) is 9.40. The molecule has 3 aliphatic rings. The van der Waals surface area contributed by atoms with Gasteiger partial charge in [0.25, 0.3) is 5.91 Å². The molecule has 14 nitrogen and oxygen atoms in total. The molecule has 6 heterocycles. The van der Waals surface area contributed by atoms with Crippen LogP contribution in [0.25, 0.3) is 42.7 Å². The van der Waals surface area contributed by atoms with Crippen LogP contribution in [-0.4, -0.2) is 87.1 Å². The molecule has 326 valence electrons. The summed E-state index contributed by atoms with van der Waals surface area (Å²) < 4.78 is 12.2. The molecule has 9 rings (SSSR count). The van der Waals surface area contributed by atoms with Gasteiger partial charge in [0.1, 0.15) is 23.7 Å². The quantitative estimate of drug-likeness (QED) is 0.0996. The number of H-pyrrole nitrogens is 2. The van der Waals surface area contributed by atoms with E-state index in [9.17, 15) is 19.2 Å². The molecule has 4 amide bonds. The summed E-state index contributed by atoms with van der Waals surface area (Å²) in [5.74, 6) is 1.07. The predicted molar refractivity (Wildman–Crippen MR) is 245 cm³/mol. The molecule has 0 bridgehead atoms. The van der Waals surface area contributed by atoms with Gasteiger partial charge in [-0.2, -0.15) is 0 Å². The van der Waals surface area contributed by atoms with Gasteiger partial charge in [-0.15, -0.1) is 22.7 Å². The number of hydrogen-bond acceptors (Lipinski definition) is 10. The highest BCUT2D eigenvalue weighted by Crippen LogP contribution is 2.45. The second kappa shape index (κ2) is 17.8. The van der Waals surface area contributed by atoms with Crippen LogP contribution in [0.2, 0.25) is 0 Å². The van der Waals surface area contributed by atoms with Crippen molar-refractivity contribution in [2.45, 2.75) is 76.5 Å². The maximum Gasteiger partial charge on any atom is 0.407 e. The van der Waals surface area contributed by atoms with Crippen molar-refractivity contribution in [2.75, 3.05) is 27.3 Å². The monoisotopic (exact) mass is 886 g/mol. The van der Waals surface area contributed by atoms with Gasteiger partial charge < -0.3 is 39.9 Å². The lowest BCUT2D eigenvalue weighted by atomic mass is 9.93. The third-order valence-electron chi connectivity index (χ3n) is 12.5. The van der Waals surface area contributed by atoms with Crippen LogP contribution in [0.15, 0.2) is 77.6 Å². The van der Waals surface area contributed by atoms with E-state index in [4.69, 9.17) is 19.4 Å². The molecule has 2 aliphatic heterocycles. The summed E-state index contributed by atoms with van der Waals surface area (Å²) >= 11 is 3.53. The average Bonchev–Trinajstić information content (AvgIpc) is 4.17. The number of thiophene rings is 2. The van der Waals surface area contributed by atoms with Gasteiger partial charge in [-0.3, -0.25) is 9.59 Å². The highest BCUT2D eigenvalue weighted by Gasteiger charge is 2.39. The highest BCUT2D eigenvalue weighted by molar-refractivity contribution is 7.27. The van der Waals surface area contributed by atoms with Crippen LogP contribution in [0, 0.1) is 5.92 Å². The molecule has 4 N–H and O–H groups in total. The Labute approximate surface area is 372 Å². The van der Waals surface area contributed by atoms with E-state index in [1.807, 2.05) is 66.2 Å². The molecule has 6 aromatic rings. The molecule has 0 spiro atoms. The van der Waals surface area contributed by atoms with Crippen molar-refractivity contribution >= 4 is 78.3 Å². The van der Waals surface area contributed by atoms with Crippen LogP contribution in [-0.2, 0) is 19.1 Å². The molecule has 0 radical (unpaired) electrons. The minimum atomic E-state index is -0.869. The maximum atomic E-state index is 14.0. The topological polar surface area (TPSA) is 175 Å². The predicted octanol–water partition coefficient (Wildman–Crippen LogP) is 9.29. The van der Waals surface area contributed by atoms with Gasteiger partial charge in [0.15, 0.2) is 0 Å².